The lowest BCUT2D eigenvalue weighted by Crippen LogP contribution is -2.55. The highest BCUT2D eigenvalue weighted by molar-refractivity contribution is 5.66. The lowest BCUT2D eigenvalue weighted by Gasteiger charge is -2.62. The molecule has 2 saturated carbocycles. The Labute approximate surface area is 221 Å². The van der Waals surface area contributed by atoms with Crippen molar-refractivity contribution in [2.45, 2.75) is 132 Å². The second-order valence-electron chi connectivity index (χ2n) is 14.7. The van der Waals surface area contributed by atoms with Crippen LogP contribution in [0.25, 0.3) is 0 Å². The molecular weight excluding hydrogens is 444 g/mol. The number of esters is 1. The fourth-order valence-corrected chi connectivity index (χ4v) is 9.83. The van der Waals surface area contributed by atoms with E-state index in [0.29, 0.717) is 22.7 Å². The lowest BCUT2D eigenvalue weighted by molar-refractivity contribution is -0.167. The summed E-state index contributed by atoms with van der Waals surface area (Å²) in [6.45, 7) is 20.9. The van der Waals surface area contributed by atoms with Crippen LogP contribution in [0.4, 0.5) is 0 Å². The van der Waals surface area contributed by atoms with Gasteiger partial charge < -0.3 is 9.47 Å². The van der Waals surface area contributed by atoms with E-state index in [9.17, 15) is 4.79 Å². The average molecular weight is 499 g/mol. The summed E-state index contributed by atoms with van der Waals surface area (Å²) in [5.41, 5.74) is 4.42. The van der Waals surface area contributed by atoms with Gasteiger partial charge in [-0.15, -0.1) is 0 Å². The Kier molecular flexibility index (Phi) is 7.20. The van der Waals surface area contributed by atoms with E-state index in [1.807, 2.05) is 11.1 Å². The number of carbonyl (C=O) groups is 1. The van der Waals surface area contributed by atoms with Gasteiger partial charge in [0.25, 0.3) is 0 Å². The Morgan fingerprint density at radius 3 is 2.36 bits per heavy atom. The van der Waals surface area contributed by atoms with Crippen LogP contribution >= 0.6 is 0 Å². The number of hydrogen-bond donors (Lipinski definition) is 0. The first kappa shape index (κ1) is 27.9. The average Bonchev–Trinajstić information content (AvgIpc) is 3.07. The van der Waals surface area contributed by atoms with Gasteiger partial charge in [-0.05, 0) is 106 Å². The molecule has 4 aliphatic carbocycles. The molecule has 4 rings (SSSR count). The van der Waals surface area contributed by atoms with Gasteiger partial charge in [-0.25, -0.2) is 0 Å². The zero-order chi connectivity index (χ0) is 26.7. The third-order valence-corrected chi connectivity index (χ3v) is 12.3. The molecule has 3 nitrogen and oxygen atoms in total. The molecule has 0 heterocycles. The van der Waals surface area contributed by atoms with Crippen LogP contribution in [-0.4, -0.2) is 24.8 Å². The van der Waals surface area contributed by atoms with E-state index in [1.54, 1.807) is 14.0 Å². The van der Waals surface area contributed by atoms with Crippen LogP contribution in [-0.2, 0) is 14.3 Å². The molecule has 0 amide bonds. The van der Waals surface area contributed by atoms with E-state index in [2.05, 4.69) is 67.5 Å². The van der Waals surface area contributed by atoms with Crippen molar-refractivity contribution in [3.63, 3.8) is 0 Å². The van der Waals surface area contributed by atoms with Crippen molar-refractivity contribution < 1.29 is 14.3 Å². The zero-order valence-corrected chi connectivity index (χ0v) is 25.1. The fourth-order valence-electron chi connectivity index (χ4n) is 9.83. The zero-order valence-electron chi connectivity index (χ0n) is 25.1. The summed E-state index contributed by atoms with van der Waals surface area (Å²) >= 11 is 0. The van der Waals surface area contributed by atoms with Crippen LogP contribution in [0.5, 0.6) is 0 Å². The minimum Gasteiger partial charge on any atom is -0.462 e. The van der Waals surface area contributed by atoms with Crippen LogP contribution in [0.2, 0.25) is 0 Å². The van der Waals surface area contributed by atoms with Crippen LogP contribution in [0.3, 0.4) is 0 Å². The summed E-state index contributed by atoms with van der Waals surface area (Å²) in [4.78, 5) is 11.8. The fraction of sp³-hybridized carbons (Fsp3) is 0.848. The summed E-state index contributed by atoms with van der Waals surface area (Å²) in [5.74, 6) is 1.92. The summed E-state index contributed by atoms with van der Waals surface area (Å²) in [6, 6.07) is 0. The van der Waals surface area contributed by atoms with E-state index >= 15 is 0 Å². The van der Waals surface area contributed by atoms with Crippen molar-refractivity contribution in [2.24, 2.45) is 39.4 Å². The molecule has 0 aromatic heterocycles. The van der Waals surface area contributed by atoms with Gasteiger partial charge in [0.2, 0.25) is 0 Å². The van der Waals surface area contributed by atoms with Crippen molar-refractivity contribution in [3.05, 3.63) is 23.3 Å². The standard InChI is InChI=1S/C33H54O3/c1-22(12-11-18-29(3,4)35-10)24-15-20-33(9)26-13-14-27-30(5,6)28(36-23(2)34)17-19-31(27,7)25(26)16-21-32(24,33)8/h11,18,22,24,27-28H,12-17,19-21H2,1-10H3/b18-11+/t22-,24-,27+,28+,31-,32-,33+/m1/s1. The Morgan fingerprint density at radius 2 is 1.72 bits per heavy atom. The predicted octanol–water partition coefficient (Wildman–Crippen LogP) is 8.67. The Hall–Kier alpha value is -1.09. The van der Waals surface area contributed by atoms with E-state index in [1.165, 1.54) is 38.5 Å². The maximum Gasteiger partial charge on any atom is 0.302 e. The summed E-state index contributed by atoms with van der Waals surface area (Å²) in [7, 11) is 1.80. The number of ether oxygens (including phenoxy) is 2. The number of carbonyl (C=O) groups excluding carboxylic acids is 1. The van der Waals surface area contributed by atoms with E-state index < -0.39 is 0 Å². The monoisotopic (exact) mass is 498 g/mol. The third kappa shape index (κ3) is 4.24. The maximum atomic E-state index is 11.8. The molecule has 0 radical (unpaired) electrons. The summed E-state index contributed by atoms with van der Waals surface area (Å²) < 4.78 is 11.5. The molecule has 0 N–H and O–H groups in total. The molecule has 0 spiro atoms. The molecule has 4 aliphatic rings. The normalized spacial score (nSPS) is 41.0. The molecule has 2 fully saturated rings. The molecule has 0 unspecified atom stereocenters. The van der Waals surface area contributed by atoms with E-state index in [0.717, 1.165) is 25.2 Å². The maximum absolute atomic E-state index is 11.8. The van der Waals surface area contributed by atoms with Crippen LogP contribution in [0.15, 0.2) is 23.3 Å². The molecule has 0 aromatic carbocycles. The van der Waals surface area contributed by atoms with Gasteiger partial charge in [-0.3, -0.25) is 4.79 Å². The number of hydrogen-bond acceptors (Lipinski definition) is 3. The third-order valence-electron chi connectivity index (χ3n) is 12.3. The summed E-state index contributed by atoms with van der Waals surface area (Å²) in [5, 5.41) is 0. The molecule has 0 saturated heterocycles. The second kappa shape index (κ2) is 9.28. The van der Waals surface area contributed by atoms with Gasteiger partial charge in [-0.2, -0.15) is 0 Å². The first-order chi connectivity index (χ1) is 16.6. The topological polar surface area (TPSA) is 35.5 Å². The first-order valence-electron chi connectivity index (χ1n) is 14.8. The number of fused-ring (bicyclic) bond motifs is 4. The predicted molar refractivity (Wildman–Crippen MR) is 149 cm³/mol. The number of methoxy groups -OCH3 is 1. The van der Waals surface area contributed by atoms with Crippen molar-refractivity contribution in [1.29, 1.82) is 0 Å². The van der Waals surface area contributed by atoms with Gasteiger partial charge in [0.05, 0.1) is 5.60 Å². The largest absolute Gasteiger partial charge is 0.462 e. The molecule has 0 bridgehead atoms. The summed E-state index contributed by atoms with van der Waals surface area (Å²) in [6.07, 6.45) is 15.7. The quantitative estimate of drug-likeness (QED) is 0.271. The minimum absolute atomic E-state index is 0.0217. The van der Waals surface area contributed by atoms with E-state index in [-0.39, 0.29) is 28.5 Å². The SMILES string of the molecule is COC(C)(C)/C=C/C[C@@H](C)[C@H]1CC[C@@]2(C)C3=C(CC[C@]12C)[C@@]1(C)CC[C@H](OC(C)=O)C(C)(C)[C@@H]1CC3. The molecule has 3 heteroatoms. The highest BCUT2D eigenvalue weighted by Crippen LogP contribution is 2.72. The van der Waals surface area contributed by atoms with Crippen LogP contribution in [0.1, 0.15) is 120 Å². The Morgan fingerprint density at radius 1 is 1.03 bits per heavy atom. The lowest BCUT2D eigenvalue weighted by atomic mass is 9.43. The Balaban J connectivity index is 1.60. The van der Waals surface area contributed by atoms with E-state index in [4.69, 9.17) is 9.47 Å². The first-order valence-corrected chi connectivity index (χ1v) is 14.8. The van der Waals surface area contributed by atoms with Crippen molar-refractivity contribution in [2.75, 3.05) is 7.11 Å². The smallest absolute Gasteiger partial charge is 0.302 e. The van der Waals surface area contributed by atoms with Gasteiger partial charge in [-0.1, -0.05) is 64.8 Å². The van der Waals surface area contributed by atoms with Crippen LogP contribution < -0.4 is 0 Å². The number of rotatable bonds is 6. The Bertz CT molecular complexity index is 925. The molecule has 0 aliphatic heterocycles. The van der Waals surface area contributed by atoms with Gasteiger partial charge in [0.15, 0.2) is 0 Å². The van der Waals surface area contributed by atoms with Crippen LogP contribution in [0, 0.1) is 39.4 Å². The molecule has 0 aromatic rings. The molecule has 7 atom stereocenters. The van der Waals surface area contributed by atoms with Crippen molar-refractivity contribution in [1.82, 2.24) is 0 Å². The highest BCUT2D eigenvalue weighted by Gasteiger charge is 2.63. The minimum atomic E-state index is -0.186. The van der Waals surface area contributed by atoms with Gasteiger partial charge in [0.1, 0.15) is 6.10 Å². The molecular formula is C33H54O3. The van der Waals surface area contributed by atoms with Crippen molar-refractivity contribution >= 4 is 5.97 Å². The highest BCUT2D eigenvalue weighted by atomic mass is 16.5. The van der Waals surface area contributed by atoms with Crippen molar-refractivity contribution in [3.8, 4) is 0 Å². The number of allylic oxidation sites excluding steroid dienone is 3. The van der Waals surface area contributed by atoms with Gasteiger partial charge >= 0.3 is 5.97 Å². The van der Waals surface area contributed by atoms with Gasteiger partial charge in [0, 0.05) is 19.4 Å². The molecule has 204 valence electrons. The molecule has 36 heavy (non-hydrogen) atoms. The second-order valence-corrected chi connectivity index (χ2v) is 14.7.